The van der Waals surface area contributed by atoms with E-state index in [0.717, 1.165) is 34.7 Å². The van der Waals surface area contributed by atoms with Crippen LogP contribution in [0.3, 0.4) is 0 Å². The molecule has 0 fully saturated rings. The molecule has 0 unspecified atom stereocenters. The molecule has 2 aliphatic heterocycles. The monoisotopic (exact) mass is 826 g/mol. The molecule has 0 aromatic heterocycles. The van der Waals surface area contributed by atoms with Gasteiger partial charge in [0.2, 0.25) is 5.69 Å². The van der Waals surface area contributed by atoms with Crippen molar-refractivity contribution in [3.05, 3.63) is 71.5 Å². The molecule has 270 valence electrons. The molecule has 0 amide bonds. The number of allylic oxidation sites excluding steroid dienone is 4. The summed E-state index contributed by atoms with van der Waals surface area (Å²) >= 11 is 0.749. The average molecular weight is 827 g/mol. The van der Waals surface area contributed by atoms with Gasteiger partial charge in [-0.1, -0.05) is 19.9 Å². The van der Waals surface area contributed by atoms with Gasteiger partial charge in [-0.3, -0.25) is 5.04 Å². The van der Waals surface area contributed by atoms with Crippen molar-refractivity contribution >= 4 is 59.5 Å². The van der Waals surface area contributed by atoms with E-state index in [9.17, 15) is 44.2 Å². The Morgan fingerprint density at radius 3 is 2.00 bits per heavy atom. The smallest absolute Gasteiger partial charge is 0.748 e. The van der Waals surface area contributed by atoms with Crippen LogP contribution >= 0.6 is 12.0 Å². The van der Waals surface area contributed by atoms with Gasteiger partial charge in [-0.05, 0) is 75.1 Å². The summed E-state index contributed by atoms with van der Waals surface area (Å²) in [4.78, 5) is 2.15. The zero-order valence-electron chi connectivity index (χ0n) is 30.3. The minimum absolute atomic E-state index is 0. The van der Waals surface area contributed by atoms with Crippen LogP contribution in [-0.4, -0.2) is 73.8 Å². The van der Waals surface area contributed by atoms with E-state index in [1.165, 1.54) is 12.1 Å². The van der Waals surface area contributed by atoms with Gasteiger partial charge in [0, 0.05) is 63.9 Å². The van der Waals surface area contributed by atoms with Crippen molar-refractivity contribution in [2.75, 3.05) is 29.5 Å². The molecule has 14 nitrogen and oxygen atoms in total. The molecule has 2 aromatic carbocycles. The number of rotatable bonds is 16. The SMILES string of the molecule is CC1(C)C(=CC=CC2=[N+](CCCCS(=O)(=O)[O-])c3ccc(SOO[O-])cc3C2(C)C)N(CCCCS(=O)(=O)[O-])c2ccc(S(=O)(=O)[O-])cc21.[Na+].[Na+].[Na+]. The van der Waals surface area contributed by atoms with Crippen LogP contribution in [0.5, 0.6) is 0 Å². The van der Waals surface area contributed by atoms with E-state index in [1.807, 2.05) is 67.5 Å². The summed E-state index contributed by atoms with van der Waals surface area (Å²) in [5.41, 5.74) is 3.15. The van der Waals surface area contributed by atoms with Gasteiger partial charge in [-0.2, -0.15) is 8.91 Å². The molecular weight excluding hydrogens is 790 g/mol. The maximum Gasteiger partial charge on any atom is 1.00 e. The quantitative estimate of drug-likeness (QED) is 0.0293. The molecule has 2 heterocycles. The Labute approximate surface area is 376 Å². The number of hydrogen-bond donors (Lipinski definition) is 0. The Hall–Kier alpha value is 0.350. The Bertz CT molecular complexity index is 2020. The van der Waals surface area contributed by atoms with Gasteiger partial charge in [0.05, 0.1) is 42.6 Å². The zero-order chi connectivity index (χ0) is 36.4. The van der Waals surface area contributed by atoms with Gasteiger partial charge in [-0.25, -0.2) is 25.3 Å². The molecule has 21 heteroatoms. The maximum absolute atomic E-state index is 11.9. The number of benzene rings is 2. The minimum Gasteiger partial charge on any atom is -0.748 e. The standard InChI is InChI=1S/C31H40N2O12S4.3Na/c1-30(2)24-20-22(46-45-44-34)12-14-26(24)32(16-5-7-18-47(35,36)37)28(30)10-9-11-29-31(3,4)25-21-23(49(41,42)43)13-15-27(25)33(29)17-6-8-19-48(38,39)40;;;/h9-15,20-21H,5-8,16-19H2,1-4H3,(H3-,34,35,36,37,38,39,40,41,42,43);;;/q;3*+1/p-3. The molecule has 0 saturated heterocycles. The molecule has 2 aromatic rings. The van der Waals surface area contributed by atoms with Gasteiger partial charge in [0.1, 0.15) is 16.7 Å². The summed E-state index contributed by atoms with van der Waals surface area (Å²) in [6.45, 7) is 8.45. The van der Waals surface area contributed by atoms with Gasteiger partial charge in [-0.15, -0.1) is 0 Å². The van der Waals surface area contributed by atoms with Crippen LogP contribution in [0, 0.1) is 0 Å². The van der Waals surface area contributed by atoms with E-state index in [4.69, 9.17) is 0 Å². The molecule has 0 atom stereocenters. The number of anilines is 1. The second-order valence-corrected chi connectivity index (χ2v) is 18.0. The number of nitrogens with zero attached hydrogens (tertiary/aromatic N) is 2. The van der Waals surface area contributed by atoms with E-state index in [2.05, 4.69) is 9.37 Å². The van der Waals surface area contributed by atoms with E-state index >= 15 is 0 Å². The normalized spacial score (nSPS) is 17.1. The first-order chi connectivity index (χ1) is 22.7. The summed E-state index contributed by atoms with van der Waals surface area (Å²) in [6.07, 6.45) is 6.60. The first-order valence-electron chi connectivity index (χ1n) is 15.2. The summed E-state index contributed by atoms with van der Waals surface area (Å²) in [7, 11) is -13.5. The summed E-state index contributed by atoms with van der Waals surface area (Å²) in [5, 5.41) is 13.9. The fourth-order valence-electron chi connectivity index (χ4n) is 6.38. The predicted octanol–water partition coefficient (Wildman–Crippen LogP) is -5.90. The third kappa shape index (κ3) is 12.7. The third-order valence-electron chi connectivity index (χ3n) is 8.73. The average Bonchev–Trinajstić information content (AvgIpc) is 3.33. The van der Waals surface area contributed by atoms with Crippen LogP contribution in [0.2, 0.25) is 0 Å². The molecule has 2 aliphatic rings. The van der Waals surface area contributed by atoms with Gasteiger partial charge in [0.15, 0.2) is 5.71 Å². The molecule has 0 aliphatic carbocycles. The number of fused-ring (bicyclic) bond motifs is 2. The predicted molar refractivity (Wildman–Crippen MR) is 177 cm³/mol. The Balaban J connectivity index is 0.00000451. The Kier molecular flexibility index (Phi) is 19.5. The van der Waals surface area contributed by atoms with Crippen molar-refractivity contribution in [3.8, 4) is 0 Å². The van der Waals surface area contributed by atoms with Gasteiger partial charge < -0.3 is 23.8 Å². The summed E-state index contributed by atoms with van der Waals surface area (Å²) in [6, 6.07) is 9.57. The number of hydrogen-bond acceptors (Lipinski definition) is 14. The maximum atomic E-state index is 11.9. The van der Waals surface area contributed by atoms with Crippen molar-refractivity contribution in [1.29, 1.82) is 0 Å². The van der Waals surface area contributed by atoms with Crippen molar-refractivity contribution in [2.24, 2.45) is 0 Å². The van der Waals surface area contributed by atoms with E-state index in [-0.39, 0.29) is 106 Å². The molecule has 0 radical (unpaired) electrons. The molecule has 0 N–H and O–H groups in total. The van der Waals surface area contributed by atoms with Crippen LogP contribution in [0.15, 0.2) is 70.1 Å². The van der Waals surface area contributed by atoms with Crippen LogP contribution in [0.4, 0.5) is 11.4 Å². The molecule has 0 spiro atoms. The fraction of sp³-hybridized carbons (Fsp3) is 0.452. The van der Waals surface area contributed by atoms with Crippen LogP contribution < -0.4 is 98.8 Å². The fourth-order valence-corrected chi connectivity index (χ4v) is 8.39. The van der Waals surface area contributed by atoms with Crippen molar-refractivity contribution < 1.29 is 147 Å². The Morgan fingerprint density at radius 1 is 0.808 bits per heavy atom. The molecular formula is C31H37N2Na3O12S4. The minimum atomic E-state index is -4.74. The van der Waals surface area contributed by atoms with Crippen molar-refractivity contribution in [1.82, 2.24) is 0 Å². The molecule has 52 heavy (non-hydrogen) atoms. The van der Waals surface area contributed by atoms with Crippen LogP contribution in [0.25, 0.3) is 0 Å². The van der Waals surface area contributed by atoms with E-state index in [0.29, 0.717) is 42.1 Å². The van der Waals surface area contributed by atoms with Gasteiger partial charge in [0.25, 0.3) is 0 Å². The van der Waals surface area contributed by atoms with Crippen molar-refractivity contribution in [2.45, 2.75) is 74.0 Å². The molecule has 4 rings (SSSR count). The largest absolute Gasteiger partial charge is 1.00 e. The summed E-state index contributed by atoms with van der Waals surface area (Å²) < 4.78 is 109. The van der Waals surface area contributed by atoms with Crippen molar-refractivity contribution in [3.63, 3.8) is 0 Å². The molecule has 0 saturated carbocycles. The van der Waals surface area contributed by atoms with E-state index in [1.54, 1.807) is 12.1 Å². The van der Waals surface area contributed by atoms with Crippen LogP contribution in [-0.2, 0) is 50.6 Å². The molecule has 0 bridgehead atoms. The first kappa shape index (κ1) is 50.4. The summed E-state index contributed by atoms with van der Waals surface area (Å²) in [5.74, 6) is -1.01. The van der Waals surface area contributed by atoms with Gasteiger partial charge >= 0.3 is 88.7 Å². The van der Waals surface area contributed by atoms with E-state index < -0.39 is 52.7 Å². The topological polar surface area (TPSA) is 219 Å². The first-order valence-corrected chi connectivity index (χ1v) is 20.5. The van der Waals surface area contributed by atoms with Crippen LogP contribution in [0.1, 0.15) is 64.5 Å². The second kappa shape index (κ2) is 20.2. The second-order valence-electron chi connectivity index (χ2n) is 12.8. The number of unbranched alkanes of at least 4 members (excludes halogenated alkanes) is 2. The zero-order valence-corrected chi connectivity index (χ0v) is 39.5. The Morgan fingerprint density at radius 2 is 1.42 bits per heavy atom. The third-order valence-corrected chi connectivity index (χ3v) is 11.7.